The molecule has 4 nitrogen and oxygen atoms in total. The molecule has 114 valence electrons. The second-order valence-electron chi connectivity index (χ2n) is 6.40. The summed E-state index contributed by atoms with van der Waals surface area (Å²) in [5.74, 6) is 0.641. The van der Waals surface area contributed by atoms with E-state index in [4.69, 9.17) is 13.9 Å². The van der Waals surface area contributed by atoms with Gasteiger partial charge in [-0.3, -0.25) is 0 Å². The average Bonchev–Trinajstić information content (AvgIpc) is 2.38. The van der Waals surface area contributed by atoms with E-state index in [1.165, 1.54) is 0 Å². The average molecular weight is 306 g/mol. The maximum atomic E-state index is 11.5. The topological polar surface area (TPSA) is 48.7 Å². The predicted molar refractivity (Wildman–Crippen MR) is 86.8 cm³/mol. The highest BCUT2D eigenvalue weighted by atomic mass is 28.3. The van der Waals surface area contributed by atoms with Gasteiger partial charge in [-0.2, -0.15) is 0 Å². The molecule has 21 heavy (non-hydrogen) atoms. The van der Waals surface area contributed by atoms with Gasteiger partial charge in [0, 0.05) is 31.7 Å². The molecule has 2 rings (SSSR count). The van der Waals surface area contributed by atoms with Crippen LogP contribution in [0.15, 0.2) is 33.5 Å². The van der Waals surface area contributed by atoms with E-state index < -0.39 is 8.07 Å². The van der Waals surface area contributed by atoms with Crippen LogP contribution in [0.25, 0.3) is 11.0 Å². The zero-order chi connectivity index (χ0) is 15.5. The van der Waals surface area contributed by atoms with Crippen LogP contribution in [-0.4, -0.2) is 21.5 Å². The van der Waals surface area contributed by atoms with Crippen LogP contribution in [0.4, 0.5) is 0 Å². The Labute approximate surface area is 125 Å². The second-order valence-corrected chi connectivity index (χ2v) is 12.0. The molecule has 0 atom stereocenters. The summed E-state index contributed by atoms with van der Waals surface area (Å²) < 4.78 is 16.3. The molecule has 0 bridgehead atoms. The Hall–Kier alpha value is -1.59. The quantitative estimate of drug-likeness (QED) is 0.352. The third kappa shape index (κ3) is 4.72. The summed E-state index contributed by atoms with van der Waals surface area (Å²) in [5, 5.41) is 0.888. The van der Waals surface area contributed by atoms with E-state index in [1.54, 1.807) is 13.0 Å². The first kappa shape index (κ1) is 15.8. The molecule has 0 amide bonds. The molecule has 1 aromatic carbocycles. The first-order valence-corrected chi connectivity index (χ1v) is 10.8. The van der Waals surface area contributed by atoms with E-state index in [1.807, 2.05) is 18.2 Å². The van der Waals surface area contributed by atoms with Gasteiger partial charge in [0.05, 0.1) is 0 Å². The fourth-order valence-electron chi connectivity index (χ4n) is 1.83. The molecule has 0 aliphatic carbocycles. The lowest BCUT2D eigenvalue weighted by Gasteiger charge is -2.15. The van der Waals surface area contributed by atoms with Crippen molar-refractivity contribution in [3.05, 3.63) is 40.2 Å². The molecule has 1 aromatic heterocycles. The summed E-state index contributed by atoms with van der Waals surface area (Å²) in [5.41, 5.74) is 0.821. The molecule has 0 radical (unpaired) electrons. The largest absolute Gasteiger partial charge is 0.467 e. The third-order valence-corrected chi connectivity index (χ3v) is 4.89. The lowest BCUT2D eigenvalue weighted by molar-refractivity contribution is 0.0221. The normalized spacial score (nSPS) is 11.8. The first-order valence-electron chi connectivity index (χ1n) is 7.10. The summed E-state index contributed by atoms with van der Waals surface area (Å²) in [7, 11) is -1.06. The highest BCUT2D eigenvalue weighted by Crippen LogP contribution is 2.20. The minimum atomic E-state index is -1.06. The molecular formula is C16H22O4Si. The summed E-state index contributed by atoms with van der Waals surface area (Å²) in [6, 6.07) is 8.38. The maximum Gasteiger partial charge on any atom is 0.339 e. The van der Waals surface area contributed by atoms with Crippen molar-refractivity contribution in [1.82, 2.24) is 0 Å². The second kappa shape index (κ2) is 6.45. The molecule has 0 fully saturated rings. The SMILES string of the molecule is Cc1cc2ccc(OCOCC[Si](C)(C)C)cc2oc1=O. The fraction of sp³-hybridized carbons (Fsp3) is 0.438. The van der Waals surface area contributed by atoms with E-state index in [0.717, 1.165) is 18.0 Å². The lowest BCUT2D eigenvalue weighted by atomic mass is 10.2. The van der Waals surface area contributed by atoms with Gasteiger partial charge in [-0.15, -0.1) is 0 Å². The van der Waals surface area contributed by atoms with Gasteiger partial charge < -0.3 is 13.9 Å². The van der Waals surface area contributed by atoms with Gasteiger partial charge in [0.1, 0.15) is 11.3 Å². The van der Waals surface area contributed by atoms with Gasteiger partial charge in [-0.1, -0.05) is 19.6 Å². The number of benzene rings is 1. The summed E-state index contributed by atoms with van der Waals surface area (Å²) in [6.45, 7) is 9.60. The van der Waals surface area contributed by atoms with E-state index in [2.05, 4.69) is 19.6 Å². The number of hydrogen-bond donors (Lipinski definition) is 0. The van der Waals surface area contributed by atoms with Crippen LogP contribution in [-0.2, 0) is 4.74 Å². The molecular weight excluding hydrogens is 284 g/mol. The van der Waals surface area contributed by atoms with Crippen molar-refractivity contribution < 1.29 is 13.9 Å². The van der Waals surface area contributed by atoms with Crippen molar-refractivity contribution in [2.45, 2.75) is 32.6 Å². The molecule has 2 aromatic rings. The Kier molecular flexibility index (Phi) is 4.85. The Balaban J connectivity index is 1.94. The molecule has 0 saturated carbocycles. The van der Waals surface area contributed by atoms with Crippen molar-refractivity contribution in [2.24, 2.45) is 0 Å². The Morgan fingerprint density at radius 1 is 1.19 bits per heavy atom. The highest BCUT2D eigenvalue weighted by Gasteiger charge is 2.12. The molecule has 1 heterocycles. The lowest BCUT2D eigenvalue weighted by Crippen LogP contribution is -2.22. The van der Waals surface area contributed by atoms with Crippen LogP contribution < -0.4 is 10.4 Å². The van der Waals surface area contributed by atoms with Gasteiger partial charge in [0.25, 0.3) is 0 Å². The number of rotatable bonds is 6. The zero-order valence-electron chi connectivity index (χ0n) is 13.1. The smallest absolute Gasteiger partial charge is 0.339 e. The van der Waals surface area contributed by atoms with Crippen LogP contribution in [0.5, 0.6) is 5.75 Å². The van der Waals surface area contributed by atoms with Crippen LogP contribution >= 0.6 is 0 Å². The van der Waals surface area contributed by atoms with E-state index in [0.29, 0.717) is 16.9 Å². The summed E-state index contributed by atoms with van der Waals surface area (Å²) >= 11 is 0. The van der Waals surface area contributed by atoms with E-state index in [-0.39, 0.29) is 12.4 Å². The van der Waals surface area contributed by atoms with Gasteiger partial charge >= 0.3 is 5.63 Å². The minimum absolute atomic E-state index is 0.214. The van der Waals surface area contributed by atoms with Gasteiger partial charge in [-0.25, -0.2) is 4.79 Å². The number of ether oxygens (including phenoxy) is 2. The van der Waals surface area contributed by atoms with Crippen molar-refractivity contribution >= 4 is 19.0 Å². The highest BCUT2D eigenvalue weighted by molar-refractivity contribution is 6.76. The summed E-state index contributed by atoms with van der Waals surface area (Å²) in [4.78, 5) is 11.5. The maximum absolute atomic E-state index is 11.5. The first-order chi connectivity index (χ1) is 9.85. The van der Waals surface area contributed by atoms with Crippen LogP contribution in [0, 0.1) is 6.92 Å². The molecule has 0 aliphatic heterocycles. The fourth-order valence-corrected chi connectivity index (χ4v) is 2.59. The van der Waals surface area contributed by atoms with Crippen molar-refractivity contribution in [3.63, 3.8) is 0 Å². The number of fused-ring (bicyclic) bond motifs is 1. The Bertz CT molecular complexity index is 670. The van der Waals surface area contributed by atoms with Crippen LogP contribution in [0.2, 0.25) is 25.7 Å². The number of aryl methyl sites for hydroxylation is 1. The minimum Gasteiger partial charge on any atom is -0.467 e. The van der Waals surface area contributed by atoms with Gasteiger partial charge in [-0.05, 0) is 31.2 Å². The predicted octanol–water partition coefficient (Wildman–Crippen LogP) is 3.79. The molecule has 0 spiro atoms. The molecule has 0 N–H and O–H groups in total. The van der Waals surface area contributed by atoms with E-state index >= 15 is 0 Å². The monoisotopic (exact) mass is 306 g/mol. The molecule has 5 heteroatoms. The van der Waals surface area contributed by atoms with Crippen LogP contribution in [0.3, 0.4) is 0 Å². The molecule has 0 unspecified atom stereocenters. The summed E-state index contributed by atoms with van der Waals surface area (Å²) in [6.07, 6.45) is 0. The standard InChI is InChI=1S/C16H22O4Si/c1-12-9-13-5-6-14(10-15(13)20-16(12)17)19-11-18-7-8-21(2,3)4/h5-6,9-10H,7-8,11H2,1-4H3. The molecule has 0 saturated heterocycles. The zero-order valence-corrected chi connectivity index (χ0v) is 14.1. The third-order valence-electron chi connectivity index (χ3n) is 3.19. The number of hydrogen-bond acceptors (Lipinski definition) is 4. The van der Waals surface area contributed by atoms with Crippen molar-refractivity contribution in [1.29, 1.82) is 0 Å². The molecule has 0 aliphatic rings. The van der Waals surface area contributed by atoms with Crippen molar-refractivity contribution in [2.75, 3.05) is 13.4 Å². The van der Waals surface area contributed by atoms with Gasteiger partial charge in [0.2, 0.25) is 0 Å². The van der Waals surface area contributed by atoms with Crippen molar-refractivity contribution in [3.8, 4) is 5.75 Å². The Morgan fingerprint density at radius 3 is 2.67 bits per heavy atom. The van der Waals surface area contributed by atoms with Gasteiger partial charge in [0.15, 0.2) is 6.79 Å². The van der Waals surface area contributed by atoms with E-state index in [9.17, 15) is 4.79 Å². The Morgan fingerprint density at radius 2 is 1.95 bits per heavy atom. The van der Waals surface area contributed by atoms with Crippen LogP contribution in [0.1, 0.15) is 5.56 Å².